The molecule has 2 fully saturated rings. The van der Waals surface area contributed by atoms with Crippen molar-refractivity contribution in [2.24, 2.45) is 0 Å². The molecule has 0 radical (unpaired) electrons. The monoisotopic (exact) mass is 287 g/mol. The maximum absolute atomic E-state index is 12.2. The number of hydrogen-bond acceptors (Lipinski definition) is 3. The number of likely N-dealkylation sites (tertiary alicyclic amines) is 1. The van der Waals surface area contributed by atoms with Crippen LogP contribution in [0, 0.1) is 0 Å². The number of carbonyl (C=O) groups excluding carboxylic acids is 1. The van der Waals surface area contributed by atoms with Crippen LogP contribution in [-0.2, 0) is 4.74 Å². The predicted molar refractivity (Wildman–Crippen MR) is 62.3 cm³/mol. The molecule has 3 rings (SSSR count). The highest BCUT2D eigenvalue weighted by atomic mass is 19.4. The summed E-state index contributed by atoms with van der Waals surface area (Å²) in [6.45, 7) is 1.08. The van der Waals surface area contributed by atoms with Crippen molar-refractivity contribution in [2.75, 3.05) is 13.2 Å². The van der Waals surface area contributed by atoms with Crippen LogP contribution >= 0.6 is 0 Å². The summed E-state index contributed by atoms with van der Waals surface area (Å²) in [7, 11) is 0. The van der Waals surface area contributed by atoms with Crippen molar-refractivity contribution in [1.82, 2.24) is 4.90 Å². The van der Waals surface area contributed by atoms with E-state index in [0.29, 0.717) is 18.7 Å². The zero-order valence-corrected chi connectivity index (χ0v) is 10.4. The van der Waals surface area contributed by atoms with Crippen molar-refractivity contribution in [3.63, 3.8) is 0 Å². The number of nitrogens with zero attached hydrogens (tertiary/aromatic N) is 1. The Morgan fingerprint density at radius 1 is 1.30 bits per heavy atom. The maximum atomic E-state index is 12.2. The summed E-state index contributed by atoms with van der Waals surface area (Å²) in [5.41, 5.74) is 0.354. The minimum atomic E-state index is -4.73. The predicted octanol–water partition coefficient (Wildman–Crippen LogP) is 2.20. The van der Waals surface area contributed by atoms with Gasteiger partial charge >= 0.3 is 6.36 Å². The van der Waals surface area contributed by atoms with E-state index >= 15 is 0 Å². The fourth-order valence-electron chi connectivity index (χ4n) is 2.61. The summed E-state index contributed by atoms with van der Waals surface area (Å²) >= 11 is 0. The molecule has 4 nitrogen and oxygen atoms in total. The van der Waals surface area contributed by atoms with E-state index in [2.05, 4.69) is 4.74 Å². The number of fused-ring (bicyclic) bond motifs is 2. The number of halogens is 3. The average molecular weight is 287 g/mol. The molecule has 2 heterocycles. The largest absolute Gasteiger partial charge is 0.573 e. The van der Waals surface area contributed by atoms with Crippen LogP contribution in [0.4, 0.5) is 13.2 Å². The Morgan fingerprint density at radius 3 is 2.50 bits per heavy atom. The van der Waals surface area contributed by atoms with E-state index in [4.69, 9.17) is 4.74 Å². The molecule has 2 atom stereocenters. The van der Waals surface area contributed by atoms with Crippen molar-refractivity contribution in [1.29, 1.82) is 0 Å². The summed E-state index contributed by atoms with van der Waals surface area (Å²) < 4.78 is 45.3. The fourth-order valence-corrected chi connectivity index (χ4v) is 2.61. The Kier molecular flexibility index (Phi) is 3.08. The molecule has 0 saturated carbocycles. The molecular formula is C13H12F3NO3. The number of alkyl halides is 3. The summed E-state index contributed by atoms with van der Waals surface area (Å²) in [4.78, 5) is 14.0. The van der Waals surface area contributed by atoms with Crippen LogP contribution < -0.4 is 4.74 Å². The van der Waals surface area contributed by atoms with E-state index < -0.39 is 6.36 Å². The van der Waals surface area contributed by atoms with Gasteiger partial charge in [0.25, 0.3) is 5.91 Å². The first-order valence-corrected chi connectivity index (χ1v) is 6.21. The molecule has 20 heavy (non-hydrogen) atoms. The molecule has 1 aromatic rings. The molecule has 1 amide bonds. The molecule has 2 bridgehead atoms. The van der Waals surface area contributed by atoms with Crippen molar-refractivity contribution in [3.8, 4) is 5.75 Å². The second kappa shape index (κ2) is 4.66. The van der Waals surface area contributed by atoms with Gasteiger partial charge in [-0.15, -0.1) is 13.2 Å². The number of rotatable bonds is 2. The third-order valence-electron chi connectivity index (χ3n) is 3.50. The second-order valence-electron chi connectivity index (χ2n) is 4.87. The van der Waals surface area contributed by atoms with Crippen LogP contribution in [0.1, 0.15) is 16.8 Å². The van der Waals surface area contributed by atoms with Gasteiger partial charge in [-0.2, -0.15) is 0 Å². The van der Waals surface area contributed by atoms with Gasteiger partial charge in [-0.25, -0.2) is 0 Å². The molecule has 0 aliphatic carbocycles. The van der Waals surface area contributed by atoms with Crippen LogP contribution in [0.3, 0.4) is 0 Å². The molecule has 2 unspecified atom stereocenters. The molecule has 2 aliphatic heterocycles. The van der Waals surface area contributed by atoms with Crippen molar-refractivity contribution in [2.45, 2.75) is 24.9 Å². The van der Waals surface area contributed by atoms with Crippen LogP contribution in [0.25, 0.3) is 0 Å². The quantitative estimate of drug-likeness (QED) is 0.837. The standard InChI is InChI=1S/C13H12F3NO3/c14-13(15,16)20-10-3-1-8(2-4-10)12(18)17-6-11-5-9(17)7-19-11/h1-4,9,11H,5-7H2. The number of hydrogen-bond donors (Lipinski definition) is 0. The molecule has 0 N–H and O–H groups in total. The highest BCUT2D eigenvalue weighted by Gasteiger charge is 2.41. The SMILES string of the molecule is O=C(c1ccc(OC(F)(F)F)cc1)N1CC2CC1CO2. The number of benzene rings is 1. The lowest BCUT2D eigenvalue weighted by atomic mass is 10.1. The Labute approximate surface area is 113 Å². The minimum Gasteiger partial charge on any atom is -0.406 e. The van der Waals surface area contributed by atoms with Crippen molar-refractivity contribution in [3.05, 3.63) is 29.8 Å². The van der Waals surface area contributed by atoms with E-state index in [1.165, 1.54) is 12.1 Å². The summed E-state index contributed by atoms with van der Waals surface area (Å²) in [6.07, 6.45) is -3.80. The molecule has 0 aromatic heterocycles. The van der Waals surface area contributed by atoms with Gasteiger partial charge in [0, 0.05) is 12.1 Å². The Balaban J connectivity index is 1.70. The van der Waals surface area contributed by atoms with Gasteiger partial charge in [0.2, 0.25) is 0 Å². The van der Waals surface area contributed by atoms with E-state index in [-0.39, 0.29) is 23.8 Å². The van der Waals surface area contributed by atoms with Gasteiger partial charge in [-0.3, -0.25) is 4.79 Å². The lowest BCUT2D eigenvalue weighted by Gasteiger charge is -2.26. The van der Waals surface area contributed by atoms with Crippen molar-refractivity contribution >= 4 is 5.91 Å². The maximum Gasteiger partial charge on any atom is 0.573 e. The lowest BCUT2D eigenvalue weighted by Crippen LogP contribution is -2.41. The topological polar surface area (TPSA) is 38.8 Å². The smallest absolute Gasteiger partial charge is 0.406 e. The first-order valence-electron chi connectivity index (χ1n) is 6.21. The van der Waals surface area contributed by atoms with Crippen LogP contribution in [0.5, 0.6) is 5.75 Å². The van der Waals surface area contributed by atoms with Gasteiger partial charge < -0.3 is 14.4 Å². The molecular weight excluding hydrogens is 275 g/mol. The molecule has 108 valence electrons. The Bertz CT molecular complexity index is 515. The Morgan fingerprint density at radius 2 is 2.00 bits per heavy atom. The van der Waals surface area contributed by atoms with Gasteiger partial charge in [-0.05, 0) is 30.7 Å². The summed E-state index contributed by atoms with van der Waals surface area (Å²) in [5.74, 6) is -0.514. The normalized spacial score (nSPS) is 25.1. The molecule has 7 heteroatoms. The zero-order valence-electron chi connectivity index (χ0n) is 10.4. The first-order chi connectivity index (χ1) is 9.42. The number of morpholine rings is 1. The number of carbonyl (C=O) groups is 1. The Hall–Kier alpha value is -1.76. The summed E-state index contributed by atoms with van der Waals surface area (Å²) in [5, 5.41) is 0. The van der Waals surface area contributed by atoms with Crippen molar-refractivity contribution < 1.29 is 27.4 Å². The van der Waals surface area contributed by atoms with Crippen LogP contribution in [-0.4, -0.2) is 42.5 Å². The van der Waals surface area contributed by atoms with Gasteiger partial charge in [0.15, 0.2) is 0 Å². The van der Waals surface area contributed by atoms with Gasteiger partial charge in [0.1, 0.15) is 5.75 Å². The highest BCUT2D eigenvalue weighted by Crippen LogP contribution is 2.29. The fraction of sp³-hybridized carbons (Fsp3) is 0.462. The van der Waals surface area contributed by atoms with Crippen LogP contribution in [0.15, 0.2) is 24.3 Å². The minimum absolute atomic E-state index is 0.0820. The van der Waals surface area contributed by atoms with Gasteiger partial charge in [-0.1, -0.05) is 0 Å². The van der Waals surface area contributed by atoms with E-state index in [1.54, 1.807) is 4.90 Å². The summed E-state index contributed by atoms with van der Waals surface area (Å²) in [6, 6.07) is 5.06. The van der Waals surface area contributed by atoms with E-state index in [1.807, 2.05) is 0 Å². The zero-order chi connectivity index (χ0) is 14.3. The third kappa shape index (κ3) is 2.58. The molecule has 2 saturated heterocycles. The third-order valence-corrected chi connectivity index (χ3v) is 3.50. The molecule has 0 spiro atoms. The molecule has 2 aliphatic rings. The second-order valence-corrected chi connectivity index (χ2v) is 4.87. The number of amides is 1. The van der Waals surface area contributed by atoms with E-state index in [9.17, 15) is 18.0 Å². The highest BCUT2D eigenvalue weighted by molar-refractivity contribution is 5.94. The van der Waals surface area contributed by atoms with Gasteiger partial charge in [0.05, 0.1) is 18.8 Å². The van der Waals surface area contributed by atoms with Crippen LogP contribution in [0.2, 0.25) is 0 Å². The first kappa shape index (κ1) is 13.2. The number of ether oxygens (including phenoxy) is 2. The van der Waals surface area contributed by atoms with E-state index in [0.717, 1.165) is 18.6 Å². The lowest BCUT2D eigenvalue weighted by molar-refractivity contribution is -0.274. The molecule has 1 aromatic carbocycles. The average Bonchev–Trinajstić information content (AvgIpc) is 2.99.